The predicted octanol–water partition coefficient (Wildman–Crippen LogP) is 2.53. The average Bonchev–Trinajstić information content (AvgIpc) is 2.83. The molecule has 0 aliphatic heterocycles. The van der Waals surface area contributed by atoms with Crippen molar-refractivity contribution in [2.45, 2.75) is 19.5 Å². The van der Waals surface area contributed by atoms with E-state index in [0.717, 1.165) is 22.3 Å². The van der Waals surface area contributed by atoms with Crippen LogP contribution in [-0.4, -0.2) is 35.0 Å². The molecule has 0 aliphatic rings. The van der Waals surface area contributed by atoms with E-state index in [-0.39, 0.29) is 11.9 Å². The number of halogens is 2. The molecule has 0 bridgehead atoms. The van der Waals surface area contributed by atoms with Crippen molar-refractivity contribution < 1.29 is 9.13 Å². The van der Waals surface area contributed by atoms with Crippen molar-refractivity contribution in [3.63, 3.8) is 0 Å². The zero-order chi connectivity index (χ0) is 15.2. The number of pyridine rings is 1. The van der Waals surface area contributed by atoms with Gasteiger partial charge in [-0.1, -0.05) is 6.92 Å². The van der Waals surface area contributed by atoms with Gasteiger partial charge in [-0.05, 0) is 34.1 Å². The summed E-state index contributed by atoms with van der Waals surface area (Å²) in [5.74, 6) is -0.352. The summed E-state index contributed by atoms with van der Waals surface area (Å²) >= 11 is 3.52. The zero-order valence-electron chi connectivity index (χ0n) is 12.0. The summed E-state index contributed by atoms with van der Waals surface area (Å²) in [7, 11) is 1.65. The van der Waals surface area contributed by atoms with E-state index in [1.54, 1.807) is 19.5 Å². The van der Waals surface area contributed by atoms with Crippen molar-refractivity contribution in [3.8, 4) is 0 Å². The molecule has 2 heterocycles. The quantitative estimate of drug-likeness (QED) is 0.828. The Hall–Kier alpha value is -1.31. The fourth-order valence-corrected chi connectivity index (χ4v) is 2.70. The maximum Gasteiger partial charge on any atom is 0.141 e. The summed E-state index contributed by atoms with van der Waals surface area (Å²) in [5.41, 5.74) is 1.69. The normalized spacial score (nSPS) is 12.6. The lowest BCUT2D eigenvalue weighted by atomic mass is 10.1. The molecule has 1 atom stereocenters. The molecular formula is C14H18BrFN4O. The summed E-state index contributed by atoms with van der Waals surface area (Å²) in [6.45, 7) is 3.93. The molecule has 7 heteroatoms. The fraction of sp³-hybridized carbons (Fsp3) is 0.429. The van der Waals surface area contributed by atoms with Gasteiger partial charge in [-0.15, -0.1) is 0 Å². The molecule has 114 valence electrons. The summed E-state index contributed by atoms with van der Waals surface area (Å²) < 4.78 is 21.3. The number of aromatic nitrogens is 3. The lowest BCUT2D eigenvalue weighted by Crippen LogP contribution is -2.26. The van der Waals surface area contributed by atoms with Crippen LogP contribution in [0.5, 0.6) is 0 Å². The first-order valence-electron chi connectivity index (χ1n) is 6.71. The van der Waals surface area contributed by atoms with Crippen LogP contribution in [0.15, 0.2) is 29.1 Å². The number of ether oxygens (including phenoxy) is 1. The molecule has 5 nitrogen and oxygen atoms in total. The first kappa shape index (κ1) is 16.1. The van der Waals surface area contributed by atoms with Gasteiger partial charge in [0.25, 0.3) is 0 Å². The third kappa shape index (κ3) is 3.87. The van der Waals surface area contributed by atoms with E-state index in [2.05, 4.69) is 31.3 Å². The van der Waals surface area contributed by atoms with Gasteiger partial charge in [0.15, 0.2) is 0 Å². The third-order valence-electron chi connectivity index (χ3n) is 3.08. The van der Waals surface area contributed by atoms with Gasteiger partial charge in [-0.2, -0.15) is 5.10 Å². The van der Waals surface area contributed by atoms with Gasteiger partial charge in [0, 0.05) is 13.3 Å². The van der Waals surface area contributed by atoms with Crippen molar-refractivity contribution in [1.82, 2.24) is 20.1 Å². The smallest absolute Gasteiger partial charge is 0.141 e. The standard InChI is InChI=1S/C14H18BrFN4O/c1-3-18-13(10-6-11(16)8-17-7-10)14-12(15)9-19-20(14)4-5-21-2/h6-9,13,18H,3-5H2,1-2H3. The van der Waals surface area contributed by atoms with Crippen LogP contribution in [-0.2, 0) is 11.3 Å². The second kappa shape index (κ2) is 7.63. The Morgan fingerprint density at radius 2 is 2.24 bits per heavy atom. The molecule has 0 aromatic carbocycles. The number of nitrogens with zero attached hydrogens (tertiary/aromatic N) is 3. The lowest BCUT2D eigenvalue weighted by molar-refractivity contribution is 0.182. The molecule has 2 aromatic rings. The highest BCUT2D eigenvalue weighted by molar-refractivity contribution is 9.10. The van der Waals surface area contributed by atoms with E-state index in [1.165, 1.54) is 12.3 Å². The second-order valence-corrected chi connectivity index (χ2v) is 5.38. The topological polar surface area (TPSA) is 52.0 Å². The molecule has 0 fully saturated rings. The first-order chi connectivity index (χ1) is 10.2. The Balaban J connectivity index is 2.40. The molecule has 0 saturated heterocycles. The molecule has 0 spiro atoms. The van der Waals surface area contributed by atoms with E-state index >= 15 is 0 Å². The van der Waals surface area contributed by atoms with Crippen LogP contribution in [0.1, 0.15) is 24.2 Å². The minimum atomic E-state index is -0.352. The molecule has 0 amide bonds. The molecule has 2 rings (SSSR count). The van der Waals surface area contributed by atoms with Crippen molar-refractivity contribution in [2.24, 2.45) is 0 Å². The summed E-state index contributed by atoms with van der Waals surface area (Å²) in [5, 5.41) is 7.69. The predicted molar refractivity (Wildman–Crippen MR) is 81.5 cm³/mol. The summed E-state index contributed by atoms with van der Waals surface area (Å²) in [6, 6.07) is 1.30. The van der Waals surface area contributed by atoms with Crippen LogP contribution in [0.4, 0.5) is 4.39 Å². The Labute approximate surface area is 131 Å². The SMILES string of the molecule is CCNC(c1cncc(F)c1)c1c(Br)cnn1CCOC. The minimum Gasteiger partial charge on any atom is -0.383 e. The van der Waals surface area contributed by atoms with E-state index in [0.29, 0.717) is 13.2 Å². The summed E-state index contributed by atoms with van der Waals surface area (Å²) in [4.78, 5) is 3.93. The highest BCUT2D eigenvalue weighted by Crippen LogP contribution is 2.28. The van der Waals surface area contributed by atoms with Crippen LogP contribution in [0.25, 0.3) is 0 Å². The monoisotopic (exact) mass is 356 g/mol. The van der Waals surface area contributed by atoms with E-state index in [4.69, 9.17) is 4.74 Å². The minimum absolute atomic E-state index is 0.188. The highest BCUT2D eigenvalue weighted by atomic mass is 79.9. The second-order valence-electron chi connectivity index (χ2n) is 4.52. The maximum absolute atomic E-state index is 13.5. The van der Waals surface area contributed by atoms with Gasteiger partial charge >= 0.3 is 0 Å². The number of hydrogen-bond acceptors (Lipinski definition) is 4. The number of methoxy groups -OCH3 is 1. The Bertz CT molecular complexity index is 590. The largest absolute Gasteiger partial charge is 0.383 e. The van der Waals surface area contributed by atoms with Crippen LogP contribution in [0.3, 0.4) is 0 Å². The molecule has 21 heavy (non-hydrogen) atoms. The van der Waals surface area contributed by atoms with Crippen molar-refractivity contribution >= 4 is 15.9 Å². The lowest BCUT2D eigenvalue weighted by Gasteiger charge is -2.20. The van der Waals surface area contributed by atoms with Gasteiger partial charge < -0.3 is 10.1 Å². The number of nitrogens with one attached hydrogen (secondary N) is 1. The molecule has 1 unspecified atom stereocenters. The number of hydrogen-bond donors (Lipinski definition) is 1. The van der Waals surface area contributed by atoms with E-state index < -0.39 is 0 Å². The maximum atomic E-state index is 13.5. The van der Waals surface area contributed by atoms with E-state index in [1.807, 2.05) is 11.6 Å². The summed E-state index contributed by atoms with van der Waals surface area (Å²) in [6.07, 6.45) is 4.60. The average molecular weight is 357 g/mol. The Kier molecular flexibility index (Phi) is 5.84. The molecule has 0 aliphatic carbocycles. The van der Waals surface area contributed by atoms with Crippen LogP contribution < -0.4 is 5.32 Å². The van der Waals surface area contributed by atoms with Crippen molar-refractivity contribution in [3.05, 3.63) is 46.2 Å². The Morgan fingerprint density at radius 3 is 2.90 bits per heavy atom. The molecule has 0 saturated carbocycles. The van der Waals surface area contributed by atoms with Gasteiger partial charge in [0.2, 0.25) is 0 Å². The number of rotatable bonds is 7. The first-order valence-corrected chi connectivity index (χ1v) is 7.50. The fourth-order valence-electron chi connectivity index (χ4n) is 2.18. The van der Waals surface area contributed by atoms with Crippen LogP contribution in [0.2, 0.25) is 0 Å². The molecule has 2 aromatic heterocycles. The van der Waals surface area contributed by atoms with Gasteiger partial charge in [-0.25, -0.2) is 4.39 Å². The Morgan fingerprint density at radius 1 is 1.43 bits per heavy atom. The van der Waals surface area contributed by atoms with Gasteiger partial charge in [0.1, 0.15) is 5.82 Å². The molecular weight excluding hydrogens is 339 g/mol. The van der Waals surface area contributed by atoms with Crippen molar-refractivity contribution in [2.75, 3.05) is 20.3 Å². The van der Waals surface area contributed by atoms with Crippen molar-refractivity contribution in [1.29, 1.82) is 0 Å². The molecule has 1 N–H and O–H groups in total. The highest BCUT2D eigenvalue weighted by Gasteiger charge is 2.22. The van der Waals surface area contributed by atoms with E-state index in [9.17, 15) is 4.39 Å². The van der Waals surface area contributed by atoms with Gasteiger partial charge in [0.05, 0.1) is 41.8 Å². The van der Waals surface area contributed by atoms with Gasteiger partial charge in [-0.3, -0.25) is 9.67 Å². The van der Waals surface area contributed by atoms with Crippen LogP contribution in [0, 0.1) is 5.82 Å². The zero-order valence-corrected chi connectivity index (χ0v) is 13.6. The molecule has 0 radical (unpaired) electrons. The third-order valence-corrected chi connectivity index (χ3v) is 3.69. The van der Waals surface area contributed by atoms with Crippen LogP contribution >= 0.6 is 15.9 Å².